The quantitative estimate of drug-likeness (QED) is 0.403. The normalized spacial score (nSPS) is 19.9. The third-order valence-corrected chi connectivity index (χ3v) is 7.29. The fraction of sp³-hybridized carbons (Fsp3) is 0.286. The van der Waals surface area contributed by atoms with Crippen LogP contribution in [0.15, 0.2) is 67.1 Å². The van der Waals surface area contributed by atoms with Crippen LogP contribution in [0.5, 0.6) is 0 Å². The van der Waals surface area contributed by atoms with E-state index in [1.807, 2.05) is 18.5 Å². The second-order valence-corrected chi connectivity index (χ2v) is 10.1. The fourth-order valence-electron chi connectivity index (χ4n) is 5.46. The molecule has 2 aromatic carbocycles. The zero-order chi connectivity index (χ0) is 24.1. The Kier molecular flexibility index (Phi) is 5.50. The molecule has 2 aliphatic rings. The van der Waals surface area contributed by atoms with Crippen LogP contribution in [0.2, 0.25) is 5.02 Å². The highest BCUT2D eigenvalue weighted by molar-refractivity contribution is 6.33. The minimum atomic E-state index is 0.432. The van der Waals surface area contributed by atoms with Gasteiger partial charge in [-0.3, -0.25) is 9.97 Å². The van der Waals surface area contributed by atoms with E-state index < -0.39 is 0 Å². The van der Waals surface area contributed by atoms with E-state index in [-0.39, 0.29) is 0 Å². The van der Waals surface area contributed by atoms with E-state index in [2.05, 4.69) is 88.4 Å². The van der Waals surface area contributed by atoms with Gasteiger partial charge in [0.1, 0.15) is 0 Å². The highest BCUT2D eigenvalue weighted by Gasteiger charge is 2.29. The molecule has 1 saturated heterocycles. The molecule has 6 nitrogen and oxygen atoms in total. The molecule has 4 aromatic rings. The first-order valence-corrected chi connectivity index (χ1v) is 12.5. The molecule has 0 bridgehead atoms. The Morgan fingerprint density at radius 3 is 2.51 bits per heavy atom. The summed E-state index contributed by atoms with van der Waals surface area (Å²) in [7, 11) is 2.11. The number of aromatic nitrogens is 2. The largest absolute Gasteiger partial charge is 0.367 e. The number of benzene rings is 2. The molecular weight excluding hydrogens is 456 g/mol. The maximum atomic E-state index is 6.90. The van der Waals surface area contributed by atoms with Gasteiger partial charge in [-0.2, -0.15) is 0 Å². The summed E-state index contributed by atoms with van der Waals surface area (Å²) >= 11 is 6.90. The fourth-order valence-corrected chi connectivity index (χ4v) is 5.75. The molecule has 2 atom stereocenters. The molecule has 1 N–H and O–H groups in total. The highest BCUT2D eigenvalue weighted by Crippen LogP contribution is 2.46. The zero-order valence-electron chi connectivity index (χ0n) is 20.2. The van der Waals surface area contributed by atoms with Gasteiger partial charge in [0.15, 0.2) is 0 Å². The first-order chi connectivity index (χ1) is 17.0. The van der Waals surface area contributed by atoms with Crippen molar-refractivity contribution in [2.75, 3.05) is 41.5 Å². The molecule has 6 rings (SSSR count). The number of hydrogen-bond donors (Lipinski definition) is 1. The topological polar surface area (TPSA) is 47.5 Å². The monoisotopic (exact) mass is 484 g/mol. The van der Waals surface area contributed by atoms with Crippen molar-refractivity contribution in [2.45, 2.75) is 25.9 Å². The van der Waals surface area contributed by atoms with Gasteiger partial charge >= 0.3 is 0 Å². The molecule has 0 amide bonds. The third-order valence-electron chi connectivity index (χ3n) is 6.99. The van der Waals surface area contributed by atoms with E-state index in [9.17, 15) is 0 Å². The highest BCUT2D eigenvalue weighted by atomic mass is 35.5. The molecule has 0 saturated carbocycles. The molecule has 1 fully saturated rings. The molecule has 0 radical (unpaired) electrons. The number of nitrogens with one attached hydrogen (secondary N) is 1. The lowest BCUT2D eigenvalue weighted by molar-refractivity contribution is 0.407. The van der Waals surface area contributed by atoms with Gasteiger partial charge in [0.2, 0.25) is 0 Å². The summed E-state index contributed by atoms with van der Waals surface area (Å²) in [4.78, 5) is 16.0. The zero-order valence-corrected chi connectivity index (χ0v) is 21.0. The lowest BCUT2D eigenvalue weighted by Gasteiger charge is -2.38. The molecule has 0 spiro atoms. The van der Waals surface area contributed by atoms with Crippen molar-refractivity contribution < 1.29 is 0 Å². The maximum absolute atomic E-state index is 6.90. The Hall–Kier alpha value is -3.35. The van der Waals surface area contributed by atoms with Crippen LogP contribution in [0.25, 0.3) is 22.0 Å². The average Bonchev–Trinajstić information content (AvgIpc) is 3.20. The lowest BCUT2D eigenvalue weighted by atomic mass is 10.0. The van der Waals surface area contributed by atoms with Crippen molar-refractivity contribution in [3.05, 3.63) is 72.1 Å². The Morgan fingerprint density at radius 1 is 0.943 bits per heavy atom. The van der Waals surface area contributed by atoms with Gasteiger partial charge in [-0.15, -0.1) is 0 Å². The lowest BCUT2D eigenvalue weighted by Crippen LogP contribution is -2.54. The minimum absolute atomic E-state index is 0.432. The van der Waals surface area contributed by atoms with Gasteiger partial charge in [-0.05, 0) is 55.8 Å². The van der Waals surface area contributed by atoms with Gasteiger partial charge in [-0.1, -0.05) is 23.7 Å². The predicted molar refractivity (Wildman–Crippen MR) is 146 cm³/mol. The summed E-state index contributed by atoms with van der Waals surface area (Å²) in [5.74, 6) is 0. The molecule has 2 aliphatic heterocycles. The predicted octanol–water partition coefficient (Wildman–Crippen LogP) is 5.68. The summed E-state index contributed by atoms with van der Waals surface area (Å²) < 4.78 is 0. The smallest absolute Gasteiger partial charge is 0.0950 e. The van der Waals surface area contributed by atoms with Crippen molar-refractivity contribution in [2.24, 2.45) is 0 Å². The van der Waals surface area contributed by atoms with E-state index in [4.69, 9.17) is 16.6 Å². The number of nitrogens with zero attached hydrogens (tertiary/aromatic N) is 5. The SMILES string of the molecule is C[C@@H]1CN(c2ccc(N3CN(C)c4cnc5ccc(-c6cccnc6)cc5c43)cc2Cl)C[C@H](C)N1. The molecule has 2 aromatic heterocycles. The van der Waals surface area contributed by atoms with E-state index in [0.717, 1.165) is 69.6 Å². The average molecular weight is 485 g/mol. The summed E-state index contributed by atoms with van der Waals surface area (Å²) in [5, 5.41) is 5.51. The van der Waals surface area contributed by atoms with Crippen molar-refractivity contribution >= 4 is 45.3 Å². The van der Waals surface area contributed by atoms with Crippen LogP contribution >= 0.6 is 11.6 Å². The maximum Gasteiger partial charge on any atom is 0.0950 e. The standard InChI is InChI=1S/C28H29ClN6/c1-18-15-34(16-19(2)32-18)26-9-7-22(12-24(26)29)35-17-33(3)27-14-31-25-8-6-20(11-23(25)28(27)35)21-5-4-10-30-13-21/h4-14,18-19,32H,15-17H2,1-3H3/t18-,19+. The van der Waals surface area contributed by atoms with Crippen LogP contribution in [-0.4, -0.2) is 48.9 Å². The van der Waals surface area contributed by atoms with Crippen molar-refractivity contribution in [1.82, 2.24) is 15.3 Å². The molecule has 4 heterocycles. The van der Waals surface area contributed by atoms with E-state index in [0.29, 0.717) is 12.1 Å². The Bertz CT molecular complexity index is 1380. The van der Waals surface area contributed by atoms with Gasteiger partial charge in [0.25, 0.3) is 0 Å². The second-order valence-electron chi connectivity index (χ2n) is 9.74. The number of anilines is 4. The second kappa shape index (κ2) is 8.70. The summed E-state index contributed by atoms with van der Waals surface area (Å²) in [6.45, 7) is 7.09. The van der Waals surface area contributed by atoms with Crippen LogP contribution < -0.4 is 20.0 Å². The molecule has 0 aliphatic carbocycles. The first kappa shape index (κ1) is 22.1. The minimum Gasteiger partial charge on any atom is -0.367 e. The Labute approximate surface area is 211 Å². The molecule has 7 heteroatoms. The number of fused-ring (bicyclic) bond motifs is 3. The van der Waals surface area contributed by atoms with Crippen LogP contribution in [0.4, 0.5) is 22.7 Å². The van der Waals surface area contributed by atoms with Crippen molar-refractivity contribution in [3.8, 4) is 11.1 Å². The van der Waals surface area contributed by atoms with Crippen LogP contribution in [0.1, 0.15) is 13.8 Å². The summed E-state index contributed by atoms with van der Waals surface area (Å²) in [6.07, 6.45) is 5.68. The van der Waals surface area contributed by atoms with E-state index in [1.54, 1.807) is 6.20 Å². The molecule has 178 valence electrons. The van der Waals surface area contributed by atoms with Crippen molar-refractivity contribution in [3.63, 3.8) is 0 Å². The molecule has 0 unspecified atom stereocenters. The molecule has 35 heavy (non-hydrogen) atoms. The summed E-state index contributed by atoms with van der Waals surface area (Å²) in [6, 6.07) is 17.8. The molecular formula is C28H29ClN6. The Balaban J connectivity index is 1.42. The number of halogens is 1. The third kappa shape index (κ3) is 3.97. The van der Waals surface area contributed by atoms with Gasteiger partial charge in [0.05, 0.1) is 40.5 Å². The van der Waals surface area contributed by atoms with Gasteiger partial charge < -0.3 is 20.0 Å². The Morgan fingerprint density at radius 2 is 1.77 bits per heavy atom. The van der Waals surface area contributed by atoms with Gasteiger partial charge in [-0.25, -0.2) is 0 Å². The first-order valence-electron chi connectivity index (χ1n) is 12.1. The number of rotatable bonds is 3. The van der Waals surface area contributed by atoms with Gasteiger partial charge in [0, 0.05) is 61.3 Å². The van der Waals surface area contributed by atoms with Crippen LogP contribution in [0.3, 0.4) is 0 Å². The summed E-state index contributed by atoms with van der Waals surface area (Å²) in [5.41, 5.74) is 7.66. The number of hydrogen-bond acceptors (Lipinski definition) is 6. The number of pyridine rings is 2. The van der Waals surface area contributed by atoms with E-state index >= 15 is 0 Å². The van der Waals surface area contributed by atoms with Crippen LogP contribution in [-0.2, 0) is 0 Å². The van der Waals surface area contributed by atoms with E-state index in [1.165, 1.54) is 0 Å². The number of piperazine rings is 1. The van der Waals surface area contributed by atoms with Crippen LogP contribution in [0, 0.1) is 0 Å². The van der Waals surface area contributed by atoms with Crippen molar-refractivity contribution in [1.29, 1.82) is 0 Å².